The van der Waals surface area contributed by atoms with Crippen LogP contribution in [0.4, 0.5) is 0 Å². The molecule has 1 N–H and O–H groups in total. The Morgan fingerprint density at radius 3 is 2.50 bits per heavy atom. The molecule has 0 aliphatic heterocycles. The fourth-order valence-electron chi connectivity index (χ4n) is 1.64. The zero-order chi connectivity index (χ0) is 14.0. The lowest BCUT2D eigenvalue weighted by Crippen LogP contribution is -2.37. The molecule has 0 aliphatic carbocycles. The Balaban J connectivity index is 3.81. The van der Waals surface area contributed by atoms with Gasteiger partial charge >= 0.3 is 5.97 Å². The summed E-state index contributed by atoms with van der Waals surface area (Å²) < 4.78 is 10.3. The highest BCUT2D eigenvalue weighted by Crippen LogP contribution is 2.14. The Bertz CT molecular complexity index is 226. The number of rotatable bonds is 10. The van der Waals surface area contributed by atoms with Gasteiger partial charge in [0.1, 0.15) is 12.2 Å². The van der Waals surface area contributed by atoms with E-state index < -0.39 is 5.60 Å². The molecule has 0 fully saturated rings. The maximum absolute atomic E-state index is 10.7. The summed E-state index contributed by atoms with van der Waals surface area (Å²) in [4.78, 5) is 10.7. The molecule has 0 saturated carbocycles. The summed E-state index contributed by atoms with van der Waals surface area (Å²) in [5.41, 5.74) is -1.10. The summed E-state index contributed by atoms with van der Waals surface area (Å²) in [5.74, 6) is 0.166. The summed E-state index contributed by atoms with van der Waals surface area (Å²) in [5, 5.41) is 9.92. The average Bonchev–Trinajstić information content (AvgIpc) is 2.31. The van der Waals surface area contributed by atoms with Crippen LogP contribution < -0.4 is 0 Å². The van der Waals surface area contributed by atoms with E-state index in [1.54, 1.807) is 6.92 Å². The predicted molar refractivity (Wildman–Crippen MR) is 71.4 cm³/mol. The zero-order valence-corrected chi connectivity index (χ0v) is 12.2. The number of ether oxygens (including phenoxy) is 2. The van der Waals surface area contributed by atoms with Gasteiger partial charge in [-0.05, 0) is 19.3 Å². The highest BCUT2D eigenvalue weighted by atomic mass is 16.5. The van der Waals surface area contributed by atoms with Gasteiger partial charge in [-0.2, -0.15) is 0 Å². The first-order chi connectivity index (χ1) is 8.41. The molecule has 0 aromatic heterocycles. The first-order valence-corrected chi connectivity index (χ1v) is 6.84. The van der Waals surface area contributed by atoms with Crippen LogP contribution in [-0.2, 0) is 14.3 Å². The second-order valence-electron chi connectivity index (χ2n) is 5.21. The average molecular weight is 260 g/mol. The number of unbranched alkanes of at least 4 members (excludes halogenated alkanes) is 1. The van der Waals surface area contributed by atoms with Gasteiger partial charge in [0.25, 0.3) is 0 Å². The van der Waals surface area contributed by atoms with Gasteiger partial charge in [-0.25, -0.2) is 0 Å². The van der Waals surface area contributed by atoms with Crippen LogP contribution in [0.25, 0.3) is 0 Å². The Morgan fingerprint density at radius 2 is 2.00 bits per heavy atom. The maximum atomic E-state index is 10.7. The molecule has 0 amide bonds. The Morgan fingerprint density at radius 1 is 1.33 bits per heavy atom. The molecule has 2 unspecified atom stereocenters. The van der Waals surface area contributed by atoms with Gasteiger partial charge in [-0.15, -0.1) is 0 Å². The van der Waals surface area contributed by atoms with Gasteiger partial charge in [0.2, 0.25) is 0 Å². The van der Waals surface area contributed by atoms with Crippen molar-refractivity contribution in [1.29, 1.82) is 0 Å². The van der Waals surface area contributed by atoms with Gasteiger partial charge in [-0.1, -0.05) is 33.1 Å². The fourth-order valence-corrected chi connectivity index (χ4v) is 1.64. The van der Waals surface area contributed by atoms with E-state index in [1.165, 1.54) is 26.2 Å². The lowest BCUT2D eigenvalue weighted by Gasteiger charge is -2.24. The second kappa shape index (κ2) is 9.34. The first kappa shape index (κ1) is 17.4. The number of carbonyl (C=O) groups excluding carboxylic acids is 1. The van der Waals surface area contributed by atoms with Crippen molar-refractivity contribution >= 4 is 5.97 Å². The zero-order valence-electron chi connectivity index (χ0n) is 12.2. The molecule has 18 heavy (non-hydrogen) atoms. The van der Waals surface area contributed by atoms with Crippen LogP contribution >= 0.6 is 0 Å². The number of hydrogen-bond acceptors (Lipinski definition) is 4. The van der Waals surface area contributed by atoms with E-state index >= 15 is 0 Å². The third-order valence-electron chi connectivity index (χ3n) is 2.90. The van der Waals surface area contributed by atoms with Gasteiger partial charge in [0, 0.05) is 13.5 Å². The third-order valence-corrected chi connectivity index (χ3v) is 2.90. The van der Waals surface area contributed by atoms with Crippen LogP contribution in [-0.4, -0.2) is 36.5 Å². The third kappa shape index (κ3) is 9.42. The van der Waals surface area contributed by atoms with Crippen molar-refractivity contribution in [3.05, 3.63) is 0 Å². The van der Waals surface area contributed by atoms with Crippen LogP contribution in [0, 0.1) is 5.92 Å². The predicted octanol–water partition coefficient (Wildman–Crippen LogP) is 2.53. The molecule has 0 aromatic rings. The van der Waals surface area contributed by atoms with Crippen molar-refractivity contribution in [1.82, 2.24) is 0 Å². The summed E-state index contributed by atoms with van der Waals surface area (Å²) in [6.45, 7) is 8.11. The van der Waals surface area contributed by atoms with Crippen molar-refractivity contribution in [2.75, 3.05) is 19.8 Å². The van der Waals surface area contributed by atoms with Crippen LogP contribution in [0.5, 0.6) is 0 Å². The molecule has 0 rings (SSSR count). The van der Waals surface area contributed by atoms with E-state index in [9.17, 15) is 9.90 Å². The fraction of sp³-hybridized carbons (Fsp3) is 0.929. The number of hydrogen-bond donors (Lipinski definition) is 1. The topological polar surface area (TPSA) is 55.8 Å². The minimum Gasteiger partial charge on any atom is -0.463 e. The quantitative estimate of drug-likeness (QED) is 0.613. The normalized spacial score (nSPS) is 16.1. The van der Waals surface area contributed by atoms with E-state index in [-0.39, 0.29) is 19.2 Å². The monoisotopic (exact) mass is 260 g/mol. The molecule has 4 nitrogen and oxygen atoms in total. The Hall–Kier alpha value is -0.610. The minimum atomic E-state index is -1.10. The molecule has 108 valence electrons. The molecule has 0 spiro atoms. The molecule has 0 bridgehead atoms. The van der Waals surface area contributed by atoms with Crippen LogP contribution in [0.3, 0.4) is 0 Å². The standard InChI is InChI=1S/C14H28O4/c1-5-7-8-13(6-2)9-17-10-14(4,16)11-18-12(3)15/h13,16H,5-11H2,1-4H3. The molecule has 0 aliphatic rings. The first-order valence-electron chi connectivity index (χ1n) is 6.84. The van der Waals surface area contributed by atoms with Crippen molar-refractivity contribution in [3.8, 4) is 0 Å². The Labute approximate surface area is 111 Å². The van der Waals surface area contributed by atoms with E-state index in [0.29, 0.717) is 12.5 Å². The molecule has 2 atom stereocenters. The number of carbonyl (C=O) groups is 1. The van der Waals surface area contributed by atoms with E-state index in [4.69, 9.17) is 9.47 Å². The van der Waals surface area contributed by atoms with Crippen molar-refractivity contribution in [2.45, 2.75) is 59.0 Å². The molecule has 0 heterocycles. The number of aliphatic hydroxyl groups is 1. The van der Waals surface area contributed by atoms with Crippen molar-refractivity contribution in [2.24, 2.45) is 5.92 Å². The van der Waals surface area contributed by atoms with E-state index in [1.807, 2.05) is 0 Å². The minimum absolute atomic E-state index is 0.0198. The van der Waals surface area contributed by atoms with Crippen LogP contribution in [0.2, 0.25) is 0 Å². The van der Waals surface area contributed by atoms with Gasteiger partial charge in [0.05, 0.1) is 6.61 Å². The molecular weight excluding hydrogens is 232 g/mol. The molecule has 0 radical (unpaired) electrons. The summed E-state index contributed by atoms with van der Waals surface area (Å²) in [6.07, 6.45) is 4.66. The summed E-state index contributed by atoms with van der Waals surface area (Å²) in [7, 11) is 0. The SMILES string of the molecule is CCCCC(CC)COCC(C)(O)COC(C)=O. The highest BCUT2D eigenvalue weighted by molar-refractivity contribution is 5.65. The highest BCUT2D eigenvalue weighted by Gasteiger charge is 2.23. The molecule has 4 heteroatoms. The van der Waals surface area contributed by atoms with Gasteiger partial charge in [0.15, 0.2) is 0 Å². The largest absolute Gasteiger partial charge is 0.463 e. The second-order valence-corrected chi connectivity index (χ2v) is 5.21. The van der Waals surface area contributed by atoms with E-state index in [2.05, 4.69) is 13.8 Å². The molecule has 0 saturated heterocycles. The lowest BCUT2D eigenvalue weighted by atomic mass is 10.0. The smallest absolute Gasteiger partial charge is 0.302 e. The summed E-state index contributed by atoms with van der Waals surface area (Å²) in [6, 6.07) is 0. The summed E-state index contributed by atoms with van der Waals surface area (Å²) >= 11 is 0. The van der Waals surface area contributed by atoms with Crippen LogP contribution in [0.15, 0.2) is 0 Å². The van der Waals surface area contributed by atoms with Crippen LogP contribution in [0.1, 0.15) is 53.4 Å². The molecular formula is C14H28O4. The van der Waals surface area contributed by atoms with Crippen molar-refractivity contribution in [3.63, 3.8) is 0 Å². The van der Waals surface area contributed by atoms with Crippen molar-refractivity contribution < 1.29 is 19.4 Å². The van der Waals surface area contributed by atoms with Gasteiger partial charge < -0.3 is 14.6 Å². The lowest BCUT2D eigenvalue weighted by molar-refractivity contribution is -0.151. The van der Waals surface area contributed by atoms with E-state index in [0.717, 1.165) is 6.42 Å². The Kier molecular flexibility index (Phi) is 9.02. The molecule has 0 aromatic carbocycles. The van der Waals surface area contributed by atoms with Gasteiger partial charge in [-0.3, -0.25) is 4.79 Å². The number of esters is 1. The maximum Gasteiger partial charge on any atom is 0.302 e.